The molecule has 0 aliphatic carbocycles. The van der Waals surface area contributed by atoms with E-state index in [1.165, 1.54) is 0 Å². The lowest BCUT2D eigenvalue weighted by atomic mass is 10.1. The number of alkyl halides is 2. The normalized spacial score (nSPS) is 19.2. The average Bonchev–Trinajstić information content (AvgIpc) is 3.18. The van der Waals surface area contributed by atoms with Crippen LogP contribution in [0.15, 0.2) is 47.1 Å². The number of hydrogen-bond acceptors (Lipinski definition) is 2. The zero-order valence-electron chi connectivity index (χ0n) is 13.4. The van der Waals surface area contributed by atoms with Gasteiger partial charge in [-0.15, -0.1) is 0 Å². The van der Waals surface area contributed by atoms with Crippen molar-refractivity contribution < 1.29 is 18.7 Å². The molecule has 1 atom stereocenters. The number of imidazole rings is 1. The van der Waals surface area contributed by atoms with Crippen LogP contribution in [0.3, 0.4) is 0 Å². The van der Waals surface area contributed by atoms with Gasteiger partial charge >= 0.3 is 6.09 Å². The molecule has 1 aliphatic rings. The van der Waals surface area contributed by atoms with Gasteiger partial charge in [0.1, 0.15) is 5.82 Å². The number of amides is 1. The fourth-order valence-electron chi connectivity index (χ4n) is 3.30. The van der Waals surface area contributed by atoms with Crippen LogP contribution in [-0.2, 0) is 0 Å². The second kappa shape index (κ2) is 6.05. The highest BCUT2D eigenvalue weighted by Crippen LogP contribution is 2.40. The molecule has 2 N–H and O–H groups in total. The highest BCUT2D eigenvalue weighted by atomic mass is 79.9. The first kappa shape index (κ1) is 17.0. The van der Waals surface area contributed by atoms with Gasteiger partial charge in [-0.3, -0.25) is 4.90 Å². The molecule has 0 spiro atoms. The maximum atomic E-state index is 13.7. The van der Waals surface area contributed by atoms with Crippen molar-refractivity contribution in [3.05, 3.63) is 52.9 Å². The number of fused-ring (bicyclic) bond motifs is 1. The highest BCUT2D eigenvalue weighted by molar-refractivity contribution is 9.10. The summed E-state index contributed by atoms with van der Waals surface area (Å²) in [6.45, 7) is -0.812. The van der Waals surface area contributed by atoms with Crippen molar-refractivity contribution in [2.75, 3.05) is 6.54 Å². The molecule has 0 saturated carbocycles. The second-order valence-electron chi connectivity index (χ2n) is 6.37. The Morgan fingerprint density at radius 1 is 1.27 bits per heavy atom. The van der Waals surface area contributed by atoms with Crippen molar-refractivity contribution in [2.45, 2.75) is 18.4 Å². The third-order valence-electron chi connectivity index (χ3n) is 4.54. The Morgan fingerprint density at radius 2 is 2.00 bits per heavy atom. The molecular formula is C18H14BrF2N3O2. The van der Waals surface area contributed by atoms with E-state index in [1.807, 2.05) is 36.4 Å². The van der Waals surface area contributed by atoms with Gasteiger partial charge < -0.3 is 10.1 Å². The summed E-state index contributed by atoms with van der Waals surface area (Å²) >= 11 is 3.43. The van der Waals surface area contributed by atoms with Crippen molar-refractivity contribution in [3.8, 4) is 11.3 Å². The summed E-state index contributed by atoms with van der Waals surface area (Å²) < 4.78 is 28.3. The largest absolute Gasteiger partial charge is 0.465 e. The van der Waals surface area contributed by atoms with Crippen LogP contribution in [0.5, 0.6) is 0 Å². The Labute approximate surface area is 155 Å². The zero-order valence-corrected chi connectivity index (χ0v) is 15.0. The lowest BCUT2D eigenvalue weighted by Gasteiger charge is -2.18. The number of halogens is 3. The van der Waals surface area contributed by atoms with Gasteiger partial charge in [-0.2, -0.15) is 0 Å². The van der Waals surface area contributed by atoms with E-state index in [9.17, 15) is 18.7 Å². The van der Waals surface area contributed by atoms with E-state index >= 15 is 0 Å². The number of carbonyl (C=O) groups is 1. The maximum absolute atomic E-state index is 13.7. The molecule has 1 amide bonds. The summed E-state index contributed by atoms with van der Waals surface area (Å²) in [4.78, 5) is 19.2. The highest BCUT2D eigenvalue weighted by Gasteiger charge is 2.48. The smallest absolute Gasteiger partial charge is 0.408 e. The van der Waals surface area contributed by atoms with Crippen LogP contribution in [-0.4, -0.2) is 38.5 Å². The fraction of sp³-hybridized carbons (Fsp3) is 0.222. The topological polar surface area (TPSA) is 69.2 Å². The Kier molecular flexibility index (Phi) is 3.95. The third kappa shape index (κ3) is 3.05. The lowest BCUT2D eigenvalue weighted by molar-refractivity contribution is 0.0126. The minimum absolute atomic E-state index is 0.232. The minimum Gasteiger partial charge on any atom is -0.465 e. The number of H-pyrrole nitrogens is 1. The van der Waals surface area contributed by atoms with Gasteiger partial charge in [0, 0.05) is 16.5 Å². The average molecular weight is 422 g/mol. The molecule has 2 aromatic carbocycles. The summed E-state index contributed by atoms with van der Waals surface area (Å²) in [5.74, 6) is -2.82. The Hall–Kier alpha value is -2.48. The molecule has 1 fully saturated rings. The molecule has 1 aliphatic heterocycles. The van der Waals surface area contributed by atoms with Crippen molar-refractivity contribution in [3.63, 3.8) is 0 Å². The van der Waals surface area contributed by atoms with Crippen LogP contribution in [0, 0.1) is 0 Å². The molecule has 1 unspecified atom stereocenters. The molecule has 4 rings (SSSR count). The number of nitrogens with zero attached hydrogens (tertiary/aromatic N) is 2. The molecule has 134 valence electrons. The molecule has 1 saturated heterocycles. The molecule has 0 radical (unpaired) electrons. The number of benzene rings is 2. The number of likely N-dealkylation sites (tertiary alicyclic amines) is 1. The van der Waals surface area contributed by atoms with Gasteiger partial charge in [-0.25, -0.2) is 18.6 Å². The van der Waals surface area contributed by atoms with E-state index in [1.54, 1.807) is 6.20 Å². The lowest BCUT2D eigenvalue weighted by Crippen LogP contribution is -2.31. The molecule has 1 aromatic heterocycles. The second-order valence-corrected chi connectivity index (χ2v) is 7.29. The van der Waals surface area contributed by atoms with Crippen LogP contribution in [0.2, 0.25) is 0 Å². The van der Waals surface area contributed by atoms with E-state index in [0.29, 0.717) is 5.69 Å². The number of aromatic nitrogens is 2. The van der Waals surface area contributed by atoms with Crippen molar-refractivity contribution in [2.24, 2.45) is 0 Å². The number of carboxylic acid groups (broad SMARTS) is 1. The molecule has 8 heteroatoms. The van der Waals surface area contributed by atoms with Crippen molar-refractivity contribution in [1.29, 1.82) is 0 Å². The zero-order chi connectivity index (χ0) is 18.5. The van der Waals surface area contributed by atoms with Gasteiger partial charge in [0.05, 0.1) is 24.5 Å². The SMILES string of the molecule is O=C(O)N1CC(F)(F)CC1c1ncc(-c2ccc3cc(Br)ccc3c2)[nH]1. The standard InChI is InChI=1S/C18H14BrF2N3O2/c19-13-4-3-10-5-12(2-1-11(10)6-13)14-8-22-16(23-14)15-7-18(20,21)9-24(15)17(25)26/h1-6,8,15H,7,9H2,(H,22,23)(H,25,26). The summed E-state index contributed by atoms with van der Waals surface area (Å²) in [7, 11) is 0. The van der Waals surface area contributed by atoms with E-state index in [-0.39, 0.29) is 5.82 Å². The molecule has 2 heterocycles. The van der Waals surface area contributed by atoms with Crippen LogP contribution in [0.25, 0.3) is 22.0 Å². The quantitative estimate of drug-likeness (QED) is 0.607. The number of rotatable bonds is 2. The van der Waals surface area contributed by atoms with Gasteiger partial charge in [0.15, 0.2) is 0 Å². The Bertz CT molecular complexity index is 1010. The minimum atomic E-state index is -3.05. The molecule has 26 heavy (non-hydrogen) atoms. The van der Waals surface area contributed by atoms with Gasteiger partial charge in [0.25, 0.3) is 5.92 Å². The first-order valence-electron chi connectivity index (χ1n) is 7.94. The van der Waals surface area contributed by atoms with Gasteiger partial charge in [-0.05, 0) is 29.0 Å². The third-order valence-corrected chi connectivity index (χ3v) is 5.03. The van der Waals surface area contributed by atoms with Crippen LogP contribution >= 0.6 is 15.9 Å². The summed E-state index contributed by atoms with van der Waals surface area (Å²) in [5.41, 5.74) is 1.51. The number of hydrogen-bond donors (Lipinski definition) is 2. The van der Waals surface area contributed by atoms with Crippen molar-refractivity contribution in [1.82, 2.24) is 14.9 Å². The van der Waals surface area contributed by atoms with E-state index in [2.05, 4.69) is 25.9 Å². The van der Waals surface area contributed by atoms with Gasteiger partial charge in [-0.1, -0.05) is 34.1 Å². The van der Waals surface area contributed by atoms with Gasteiger partial charge in [0.2, 0.25) is 0 Å². The van der Waals surface area contributed by atoms with Crippen molar-refractivity contribution >= 4 is 32.8 Å². The Morgan fingerprint density at radius 3 is 2.77 bits per heavy atom. The maximum Gasteiger partial charge on any atom is 0.408 e. The Balaban J connectivity index is 1.68. The number of nitrogens with one attached hydrogen (secondary N) is 1. The van der Waals surface area contributed by atoms with E-state index in [0.717, 1.165) is 25.7 Å². The predicted octanol–water partition coefficient (Wildman–Crippen LogP) is 5.05. The molecular weight excluding hydrogens is 408 g/mol. The van der Waals surface area contributed by atoms with E-state index < -0.39 is 31.0 Å². The van der Waals surface area contributed by atoms with Crippen LogP contribution in [0.4, 0.5) is 13.6 Å². The monoisotopic (exact) mass is 421 g/mol. The first-order valence-corrected chi connectivity index (χ1v) is 8.74. The predicted molar refractivity (Wildman–Crippen MR) is 96.3 cm³/mol. The molecule has 3 aromatic rings. The van der Waals surface area contributed by atoms with Crippen LogP contribution < -0.4 is 0 Å². The van der Waals surface area contributed by atoms with E-state index in [4.69, 9.17) is 0 Å². The summed E-state index contributed by atoms with van der Waals surface area (Å²) in [6.07, 6.45) is -0.398. The fourth-order valence-corrected chi connectivity index (χ4v) is 3.68. The van der Waals surface area contributed by atoms with Crippen LogP contribution in [0.1, 0.15) is 18.3 Å². The summed E-state index contributed by atoms with van der Waals surface area (Å²) in [5, 5.41) is 11.3. The first-order chi connectivity index (χ1) is 12.3. The molecule has 0 bridgehead atoms. The number of aromatic amines is 1. The molecule has 5 nitrogen and oxygen atoms in total. The summed E-state index contributed by atoms with van der Waals surface area (Å²) in [6, 6.07) is 10.8.